The molecule has 3 rings (SSSR count). The average molecular weight is 361 g/mol. The summed E-state index contributed by atoms with van der Waals surface area (Å²) in [5.74, 6) is 1.62. The van der Waals surface area contributed by atoms with E-state index in [-0.39, 0.29) is 5.91 Å². The molecule has 8 nitrogen and oxygen atoms in total. The number of carbonyl (C=O) groups excluding carboxylic acids is 1. The summed E-state index contributed by atoms with van der Waals surface area (Å²) in [4.78, 5) is 23.6. The van der Waals surface area contributed by atoms with E-state index in [0.29, 0.717) is 18.0 Å². The van der Waals surface area contributed by atoms with Crippen molar-refractivity contribution in [1.29, 1.82) is 0 Å². The SMILES string of the molecule is CCCc1nnsc1C(=O)NCCNc1cc(N2CCCC2)ncn1. The number of hydrogen-bond acceptors (Lipinski definition) is 8. The largest absolute Gasteiger partial charge is 0.368 e. The molecule has 1 amide bonds. The fourth-order valence-corrected chi connectivity index (χ4v) is 3.42. The third-order valence-electron chi connectivity index (χ3n) is 4.05. The minimum atomic E-state index is -0.110. The highest BCUT2D eigenvalue weighted by molar-refractivity contribution is 7.08. The maximum atomic E-state index is 12.2. The van der Waals surface area contributed by atoms with Gasteiger partial charge in [0.15, 0.2) is 0 Å². The van der Waals surface area contributed by atoms with Gasteiger partial charge in [-0.05, 0) is 30.8 Å². The smallest absolute Gasteiger partial charge is 0.265 e. The summed E-state index contributed by atoms with van der Waals surface area (Å²) in [5, 5.41) is 10.1. The number of amides is 1. The van der Waals surface area contributed by atoms with E-state index in [1.54, 1.807) is 6.33 Å². The molecule has 1 fully saturated rings. The predicted molar refractivity (Wildman–Crippen MR) is 98.2 cm³/mol. The highest BCUT2D eigenvalue weighted by atomic mass is 32.1. The Morgan fingerprint density at radius 2 is 2.12 bits per heavy atom. The topological polar surface area (TPSA) is 95.9 Å². The molecule has 0 unspecified atom stereocenters. The number of aryl methyl sites for hydroxylation is 1. The molecule has 25 heavy (non-hydrogen) atoms. The van der Waals surface area contributed by atoms with E-state index in [0.717, 1.165) is 54.8 Å². The predicted octanol–water partition coefficient (Wildman–Crippen LogP) is 1.72. The normalized spacial score (nSPS) is 13.9. The number of nitrogens with zero attached hydrogens (tertiary/aromatic N) is 5. The van der Waals surface area contributed by atoms with Gasteiger partial charge in [0.2, 0.25) is 0 Å². The summed E-state index contributed by atoms with van der Waals surface area (Å²) in [5.41, 5.74) is 0.781. The van der Waals surface area contributed by atoms with Crippen LogP contribution < -0.4 is 15.5 Å². The van der Waals surface area contributed by atoms with E-state index in [2.05, 4.69) is 42.0 Å². The van der Waals surface area contributed by atoms with Crippen molar-refractivity contribution < 1.29 is 4.79 Å². The lowest BCUT2D eigenvalue weighted by Crippen LogP contribution is -2.29. The molecule has 0 spiro atoms. The van der Waals surface area contributed by atoms with Gasteiger partial charge in [-0.25, -0.2) is 9.97 Å². The molecule has 0 atom stereocenters. The molecule has 0 aromatic carbocycles. The van der Waals surface area contributed by atoms with Crippen molar-refractivity contribution >= 4 is 29.1 Å². The van der Waals surface area contributed by atoms with Gasteiger partial charge in [0, 0.05) is 32.2 Å². The first kappa shape index (κ1) is 17.5. The van der Waals surface area contributed by atoms with Gasteiger partial charge in [0.05, 0.1) is 5.69 Å². The zero-order valence-electron chi connectivity index (χ0n) is 14.4. The maximum absolute atomic E-state index is 12.2. The van der Waals surface area contributed by atoms with Crippen LogP contribution in [0, 0.1) is 0 Å². The molecule has 0 bridgehead atoms. The number of aromatic nitrogens is 4. The van der Waals surface area contributed by atoms with Crippen molar-refractivity contribution in [3.8, 4) is 0 Å². The van der Waals surface area contributed by atoms with Crippen LogP contribution in [-0.4, -0.2) is 51.6 Å². The molecule has 0 radical (unpaired) electrons. The zero-order chi connectivity index (χ0) is 17.5. The summed E-state index contributed by atoms with van der Waals surface area (Å²) in [7, 11) is 0. The molecule has 134 valence electrons. The molecule has 2 aromatic heterocycles. The number of anilines is 2. The Bertz CT molecular complexity index is 699. The number of nitrogens with one attached hydrogen (secondary N) is 2. The Morgan fingerprint density at radius 1 is 1.28 bits per heavy atom. The van der Waals surface area contributed by atoms with Crippen molar-refractivity contribution in [2.45, 2.75) is 32.6 Å². The fraction of sp³-hybridized carbons (Fsp3) is 0.562. The van der Waals surface area contributed by atoms with Crippen LogP contribution in [0.2, 0.25) is 0 Å². The molecule has 1 aliphatic heterocycles. The van der Waals surface area contributed by atoms with Gasteiger partial charge in [-0.2, -0.15) is 0 Å². The molecular weight excluding hydrogens is 338 g/mol. The first-order valence-electron chi connectivity index (χ1n) is 8.68. The van der Waals surface area contributed by atoms with E-state index in [1.807, 2.05) is 6.07 Å². The van der Waals surface area contributed by atoms with Crippen LogP contribution >= 0.6 is 11.5 Å². The second kappa shape index (κ2) is 8.70. The van der Waals surface area contributed by atoms with E-state index in [9.17, 15) is 4.79 Å². The lowest BCUT2D eigenvalue weighted by Gasteiger charge is -2.16. The van der Waals surface area contributed by atoms with Crippen LogP contribution in [0.1, 0.15) is 41.6 Å². The van der Waals surface area contributed by atoms with Crippen LogP contribution in [-0.2, 0) is 6.42 Å². The Morgan fingerprint density at radius 3 is 2.92 bits per heavy atom. The zero-order valence-corrected chi connectivity index (χ0v) is 15.2. The maximum Gasteiger partial charge on any atom is 0.265 e. The average Bonchev–Trinajstić information content (AvgIpc) is 3.31. The molecule has 2 aromatic rings. The van der Waals surface area contributed by atoms with Crippen molar-refractivity contribution in [2.75, 3.05) is 36.4 Å². The molecule has 9 heteroatoms. The van der Waals surface area contributed by atoms with E-state index < -0.39 is 0 Å². The summed E-state index contributed by atoms with van der Waals surface area (Å²) >= 11 is 1.15. The number of rotatable bonds is 8. The number of carbonyl (C=O) groups is 1. The van der Waals surface area contributed by atoms with Crippen molar-refractivity contribution in [2.24, 2.45) is 0 Å². The fourth-order valence-electron chi connectivity index (χ4n) is 2.79. The highest BCUT2D eigenvalue weighted by Crippen LogP contribution is 2.19. The van der Waals surface area contributed by atoms with Crippen LogP contribution in [0.3, 0.4) is 0 Å². The quantitative estimate of drug-likeness (QED) is 0.691. The van der Waals surface area contributed by atoms with Gasteiger partial charge in [0.25, 0.3) is 5.91 Å². The van der Waals surface area contributed by atoms with Crippen LogP contribution in [0.25, 0.3) is 0 Å². The second-order valence-electron chi connectivity index (χ2n) is 5.94. The van der Waals surface area contributed by atoms with Gasteiger partial charge in [-0.15, -0.1) is 5.10 Å². The molecular formula is C16H23N7OS. The Balaban J connectivity index is 1.46. The minimum absolute atomic E-state index is 0.110. The third kappa shape index (κ3) is 4.62. The van der Waals surface area contributed by atoms with Crippen LogP contribution in [0.5, 0.6) is 0 Å². The molecule has 0 saturated carbocycles. The van der Waals surface area contributed by atoms with Gasteiger partial charge >= 0.3 is 0 Å². The molecule has 1 aliphatic rings. The summed E-state index contributed by atoms with van der Waals surface area (Å²) < 4.78 is 3.88. The van der Waals surface area contributed by atoms with Crippen molar-refractivity contribution in [3.63, 3.8) is 0 Å². The lowest BCUT2D eigenvalue weighted by molar-refractivity contribution is 0.0958. The summed E-state index contributed by atoms with van der Waals surface area (Å²) in [6.45, 7) is 5.26. The highest BCUT2D eigenvalue weighted by Gasteiger charge is 2.15. The third-order valence-corrected chi connectivity index (χ3v) is 4.82. The van der Waals surface area contributed by atoms with Crippen LogP contribution in [0.15, 0.2) is 12.4 Å². The summed E-state index contributed by atoms with van der Waals surface area (Å²) in [6, 6.07) is 1.96. The standard InChI is InChI=1S/C16H23N7OS/c1-2-5-12-15(25-22-21-12)16(24)18-7-6-17-13-10-14(20-11-19-13)23-8-3-4-9-23/h10-11H,2-9H2,1H3,(H,18,24)(H,17,19,20). The molecule has 2 N–H and O–H groups in total. The minimum Gasteiger partial charge on any atom is -0.368 e. The molecule has 0 aliphatic carbocycles. The summed E-state index contributed by atoms with van der Waals surface area (Å²) in [6.07, 6.45) is 5.73. The van der Waals surface area contributed by atoms with Crippen LogP contribution in [0.4, 0.5) is 11.6 Å². The second-order valence-corrected chi connectivity index (χ2v) is 6.69. The Labute approximate surface area is 151 Å². The Kier molecular flexibility index (Phi) is 6.10. The van der Waals surface area contributed by atoms with Gasteiger partial charge in [-0.1, -0.05) is 17.8 Å². The molecule has 1 saturated heterocycles. The van der Waals surface area contributed by atoms with Gasteiger partial charge < -0.3 is 15.5 Å². The lowest BCUT2D eigenvalue weighted by atomic mass is 10.2. The first-order chi connectivity index (χ1) is 12.3. The van der Waals surface area contributed by atoms with E-state index in [4.69, 9.17) is 0 Å². The van der Waals surface area contributed by atoms with E-state index >= 15 is 0 Å². The van der Waals surface area contributed by atoms with Gasteiger partial charge in [-0.3, -0.25) is 4.79 Å². The van der Waals surface area contributed by atoms with E-state index in [1.165, 1.54) is 12.8 Å². The Hall–Kier alpha value is -2.29. The monoisotopic (exact) mass is 361 g/mol. The van der Waals surface area contributed by atoms with Crippen molar-refractivity contribution in [3.05, 3.63) is 23.0 Å². The van der Waals surface area contributed by atoms with Gasteiger partial charge in [0.1, 0.15) is 22.8 Å². The first-order valence-corrected chi connectivity index (χ1v) is 9.45. The van der Waals surface area contributed by atoms with Crippen molar-refractivity contribution in [1.82, 2.24) is 24.9 Å². The number of hydrogen-bond donors (Lipinski definition) is 2. The molecule has 3 heterocycles.